The van der Waals surface area contributed by atoms with Gasteiger partial charge in [-0.2, -0.15) is 0 Å². The number of nitrogens with zero attached hydrogens (tertiary/aromatic N) is 2. The first kappa shape index (κ1) is 15.4. The number of carbonyl (C=O) groups is 1. The highest BCUT2D eigenvalue weighted by atomic mass is 16.1. The first-order valence-electron chi connectivity index (χ1n) is 6.80. The molecule has 0 aliphatic heterocycles. The van der Waals surface area contributed by atoms with E-state index in [1.54, 1.807) is 0 Å². The average molecular weight is 265 g/mol. The maximum atomic E-state index is 12.0. The molecule has 19 heavy (non-hydrogen) atoms. The molecule has 4 N–H and O–H groups in total. The molecule has 6 nitrogen and oxygen atoms in total. The van der Waals surface area contributed by atoms with Crippen molar-refractivity contribution in [3.63, 3.8) is 0 Å². The number of aromatic nitrogens is 2. The second-order valence-electron chi connectivity index (χ2n) is 4.53. The zero-order valence-corrected chi connectivity index (χ0v) is 11.6. The normalized spacial score (nSPS) is 11.9. The number of hydrogen-bond acceptors (Lipinski definition) is 5. The second-order valence-corrected chi connectivity index (χ2v) is 4.53. The summed E-state index contributed by atoms with van der Waals surface area (Å²) in [4.78, 5) is 20.0. The molecule has 1 amide bonds. The van der Waals surface area contributed by atoms with E-state index >= 15 is 0 Å². The number of nitrogens with one attached hydrogen (secondary N) is 2. The molecule has 0 saturated heterocycles. The van der Waals surface area contributed by atoms with Gasteiger partial charge in [0.25, 0.3) is 5.91 Å². The van der Waals surface area contributed by atoms with Gasteiger partial charge in [0.05, 0.1) is 12.4 Å². The quantitative estimate of drug-likeness (QED) is 0.492. The largest absolute Gasteiger partial charge is 0.348 e. The number of unbranched alkanes of at least 4 members (excludes halogenated alkanes) is 1. The van der Waals surface area contributed by atoms with Gasteiger partial charge in [-0.15, -0.1) is 0 Å². The fourth-order valence-corrected chi connectivity index (χ4v) is 1.87. The van der Waals surface area contributed by atoms with Gasteiger partial charge in [-0.25, -0.2) is 15.8 Å². The van der Waals surface area contributed by atoms with Gasteiger partial charge in [0.1, 0.15) is 5.69 Å². The summed E-state index contributed by atoms with van der Waals surface area (Å²) in [5, 5.41) is 3.01. The minimum absolute atomic E-state index is 0.175. The van der Waals surface area contributed by atoms with Gasteiger partial charge < -0.3 is 10.7 Å². The maximum absolute atomic E-state index is 12.0. The first-order chi connectivity index (χ1) is 9.21. The molecule has 0 saturated carbocycles. The summed E-state index contributed by atoms with van der Waals surface area (Å²) in [5.74, 6) is 5.46. The van der Waals surface area contributed by atoms with Crippen LogP contribution in [-0.4, -0.2) is 21.9 Å². The number of nitrogen functional groups attached to an aromatic ring is 1. The summed E-state index contributed by atoms with van der Waals surface area (Å²) in [6.45, 7) is 4.27. The maximum Gasteiger partial charge on any atom is 0.271 e. The third-order valence-corrected chi connectivity index (χ3v) is 2.91. The van der Waals surface area contributed by atoms with Crippen LogP contribution in [0.4, 0.5) is 5.82 Å². The van der Waals surface area contributed by atoms with Crippen LogP contribution in [0.5, 0.6) is 0 Å². The molecule has 1 heterocycles. The van der Waals surface area contributed by atoms with Gasteiger partial charge in [-0.1, -0.05) is 33.1 Å². The summed E-state index contributed by atoms with van der Waals surface area (Å²) in [7, 11) is 0. The topological polar surface area (TPSA) is 92.9 Å². The van der Waals surface area contributed by atoms with E-state index in [9.17, 15) is 4.79 Å². The summed E-state index contributed by atoms with van der Waals surface area (Å²) >= 11 is 0. The summed E-state index contributed by atoms with van der Waals surface area (Å²) in [5.41, 5.74) is 2.69. The molecule has 106 valence electrons. The molecule has 0 radical (unpaired) electrons. The zero-order chi connectivity index (χ0) is 14.1. The van der Waals surface area contributed by atoms with Crippen molar-refractivity contribution < 1.29 is 4.79 Å². The van der Waals surface area contributed by atoms with E-state index in [2.05, 4.69) is 34.6 Å². The molecule has 0 fully saturated rings. The number of rotatable bonds is 8. The zero-order valence-electron chi connectivity index (χ0n) is 11.6. The highest BCUT2D eigenvalue weighted by molar-refractivity contribution is 5.92. The van der Waals surface area contributed by atoms with Crippen LogP contribution in [0.2, 0.25) is 0 Å². The number of nitrogens with two attached hydrogens (primary N) is 1. The average Bonchev–Trinajstić information content (AvgIpc) is 2.45. The first-order valence-corrected chi connectivity index (χ1v) is 6.80. The molecule has 0 spiro atoms. The Hall–Kier alpha value is -1.69. The van der Waals surface area contributed by atoms with Crippen LogP contribution in [0.3, 0.4) is 0 Å². The van der Waals surface area contributed by atoms with Crippen LogP contribution in [0, 0.1) is 0 Å². The molecule has 1 aromatic rings. The van der Waals surface area contributed by atoms with Gasteiger partial charge in [-0.05, 0) is 12.8 Å². The number of hydrogen-bond donors (Lipinski definition) is 3. The minimum Gasteiger partial charge on any atom is -0.348 e. The Labute approximate surface area is 114 Å². The van der Waals surface area contributed by atoms with Gasteiger partial charge in [0.15, 0.2) is 5.82 Å². The lowest BCUT2D eigenvalue weighted by molar-refractivity contribution is 0.0926. The fourth-order valence-electron chi connectivity index (χ4n) is 1.87. The van der Waals surface area contributed by atoms with E-state index in [0.29, 0.717) is 11.5 Å². The van der Waals surface area contributed by atoms with Gasteiger partial charge in [0, 0.05) is 6.04 Å². The monoisotopic (exact) mass is 265 g/mol. The molecule has 6 heteroatoms. The number of hydrazine groups is 1. The molecule has 1 rings (SSSR count). The van der Waals surface area contributed by atoms with Crippen molar-refractivity contribution in [3.05, 3.63) is 18.1 Å². The van der Waals surface area contributed by atoms with Crippen LogP contribution in [0.15, 0.2) is 12.4 Å². The Morgan fingerprint density at radius 1 is 1.26 bits per heavy atom. The lowest BCUT2D eigenvalue weighted by Crippen LogP contribution is -2.35. The van der Waals surface area contributed by atoms with Crippen molar-refractivity contribution in [3.8, 4) is 0 Å². The lowest BCUT2D eigenvalue weighted by Gasteiger charge is -2.17. The Morgan fingerprint density at radius 2 is 2.05 bits per heavy atom. The van der Waals surface area contributed by atoms with Crippen LogP contribution in [0.25, 0.3) is 0 Å². The number of carbonyl (C=O) groups excluding carboxylic acids is 1. The Bertz CT molecular complexity index is 379. The van der Waals surface area contributed by atoms with Crippen LogP contribution >= 0.6 is 0 Å². The minimum atomic E-state index is -0.175. The molecule has 1 atom stereocenters. The predicted octanol–water partition coefficient (Wildman–Crippen LogP) is 1.85. The molecular weight excluding hydrogens is 242 g/mol. The Kier molecular flexibility index (Phi) is 6.81. The van der Waals surface area contributed by atoms with Crippen molar-refractivity contribution >= 4 is 11.7 Å². The number of anilines is 1. The van der Waals surface area contributed by atoms with Crippen molar-refractivity contribution in [1.82, 2.24) is 15.3 Å². The van der Waals surface area contributed by atoms with Gasteiger partial charge in [0.2, 0.25) is 0 Å². The number of amides is 1. The third kappa shape index (κ3) is 5.21. The van der Waals surface area contributed by atoms with Gasteiger partial charge >= 0.3 is 0 Å². The highest BCUT2D eigenvalue weighted by Gasteiger charge is 2.14. The third-order valence-electron chi connectivity index (χ3n) is 2.91. The molecule has 1 aromatic heterocycles. The molecule has 0 bridgehead atoms. The molecular formula is C13H23N5O. The van der Waals surface area contributed by atoms with Crippen molar-refractivity contribution in [1.29, 1.82) is 0 Å². The second kappa shape index (κ2) is 8.42. The summed E-state index contributed by atoms with van der Waals surface area (Å²) < 4.78 is 0. The Balaban J connectivity index is 2.58. The van der Waals surface area contributed by atoms with Crippen LogP contribution in [-0.2, 0) is 0 Å². The lowest BCUT2D eigenvalue weighted by atomic mass is 10.1. The van der Waals surface area contributed by atoms with Gasteiger partial charge in [-0.3, -0.25) is 4.79 Å². The van der Waals surface area contributed by atoms with Crippen molar-refractivity contribution in [2.45, 2.75) is 52.0 Å². The highest BCUT2D eigenvalue weighted by Crippen LogP contribution is 2.08. The van der Waals surface area contributed by atoms with E-state index in [0.717, 1.165) is 32.1 Å². The summed E-state index contributed by atoms with van der Waals surface area (Å²) in [6.07, 6.45) is 8.16. The summed E-state index contributed by atoms with van der Waals surface area (Å²) in [6, 6.07) is 0.214. The van der Waals surface area contributed by atoms with Crippen molar-refractivity contribution in [2.75, 3.05) is 5.43 Å². The van der Waals surface area contributed by atoms with E-state index in [4.69, 9.17) is 5.84 Å². The van der Waals surface area contributed by atoms with Crippen LogP contribution < -0.4 is 16.6 Å². The Morgan fingerprint density at radius 3 is 2.58 bits per heavy atom. The smallest absolute Gasteiger partial charge is 0.271 e. The predicted molar refractivity (Wildman–Crippen MR) is 75.5 cm³/mol. The SMILES string of the molecule is CCCCC(CCC)NC(=O)c1cnc(NN)cn1. The fraction of sp³-hybridized carbons (Fsp3) is 0.615. The van der Waals surface area contributed by atoms with Crippen LogP contribution in [0.1, 0.15) is 56.4 Å². The molecule has 1 unspecified atom stereocenters. The van der Waals surface area contributed by atoms with E-state index in [1.807, 2.05) is 0 Å². The molecule has 0 aliphatic carbocycles. The standard InChI is InChI=1S/C13H23N5O/c1-3-5-7-10(6-4-2)17-13(19)11-8-16-12(18-14)9-15-11/h8-10H,3-7,14H2,1-2H3,(H,16,18)(H,17,19). The molecule has 0 aromatic carbocycles. The van der Waals surface area contributed by atoms with E-state index < -0.39 is 0 Å². The van der Waals surface area contributed by atoms with Crippen molar-refractivity contribution in [2.24, 2.45) is 5.84 Å². The molecule has 0 aliphatic rings. The van der Waals surface area contributed by atoms with E-state index in [-0.39, 0.29) is 11.9 Å². The van der Waals surface area contributed by atoms with E-state index in [1.165, 1.54) is 12.4 Å².